The number of alkyl halides is 7. The summed E-state index contributed by atoms with van der Waals surface area (Å²) in [5.41, 5.74) is 0. The molecular weight excluding hydrogens is 763 g/mol. The molecule has 0 aliphatic carbocycles. The van der Waals surface area contributed by atoms with Crippen molar-refractivity contribution < 1.29 is 19.1 Å². The molecule has 0 fully saturated rings. The van der Waals surface area contributed by atoms with Gasteiger partial charge in [0.2, 0.25) is 0 Å². The van der Waals surface area contributed by atoms with Gasteiger partial charge < -0.3 is 9.47 Å². The maximum Gasteiger partial charge on any atom is 0.350 e. The van der Waals surface area contributed by atoms with E-state index in [1.807, 2.05) is 0 Å². The molecule has 0 aromatic heterocycles. The number of halogens is 8. The van der Waals surface area contributed by atoms with E-state index in [0.717, 1.165) is 0 Å². The minimum absolute atomic E-state index is 0.139. The van der Waals surface area contributed by atoms with E-state index in [1.165, 1.54) is 0 Å². The van der Waals surface area contributed by atoms with Crippen LogP contribution in [0, 0.1) is 0 Å². The zero-order chi connectivity index (χ0) is 16.9. The molecule has 0 aromatic rings. The van der Waals surface area contributed by atoms with Gasteiger partial charge in [0, 0.05) is 10.0 Å². The third kappa shape index (κ3) is 10.6. The van der Waals surface area contributed by atoms with Gasteiger partial charge in [-0.2, -0.15) is 0 Å². The fourth-order valence-corrected chi connectivity index (χ4v) is 3.90. The Kier molecular flexibility index (Phi) is 11.8. The molecule has 0 aromatic carbocycles. The molecule has 0 amide bonds. The van der Waals surface area contributed by atoms with Crippen molar-refractivity contribution in [3.63, 3.8) is 0 Å². The van der Waals surface area contributed by atoms with Crippen molar-refractivity contribution in [1.29, 1.82) is 0 Å². The Hall–Kier alpha value is 3.10. The number of carbonyl (C=O) groups excluding carboxylic acids is 2. The monoisotopic (exact) mass is 759 g/mol. The van der Waals surface area contributed by atoms with Crippen LogP contribution in [-0.2, 0) is 19.1 Å². The van der Waals surface area contributed by atoms with Gasteiger partial charge in [0.1, 0.15) is 13.2 Å². The molecule has 0 saturated carbocycles. The highest BCUT2D eigenvalue weighted by Crippen LogP contribution is 2.45. The summed E-state index contributed by atoms with van der Waals surface area (Å²) in [5, 5.41) is 0. The summed E-state index contributed by atoms with van der Waals surface area (Å²) in [4.78, 5) is 24.0. The van der Waals surface area contributed by atoms with Crippen molar-refractivity contribution in [2.45, 2.75) is 8.49 Å². The number of carbonyl (C=O) groups is 2. The Morgan fingerprint density at radius 2 is 1.24 bits per heavy atom. The van der Waals surface area contributed by atoms with Crippen LogP contribution >= 0.6 is 139 Å². The molecule has 21 heavy (non-hydrogen) atoms. The third-order valence-electron chi connectivity index (χ3n) is 1.41. The molecule has 0 bridgehead atoms. The summed E-state index contributed by atoms with van der Waals surface area (Å²) in [7, 11) is 6.70. The van der Waals surface area contributed by atoms with Gasteiger partial charge in [-0.25, -0.2) is 9.59 Å². The lowest BCUT2D eigenvalue weighted by Gasteiger charge is -2.23. The van der Waals surface area contributed by atoms with Crippen molar-refractivity contribution in [2.24, 2.45) is 0 Å². The predicted molar refractivity (Wildman–Crippen MR) is 111 cm³/mol. The molecular formula is C7H4Br6Cl2O4S2. The SMILES string of the molecule is O=C(OCC(Br)(Br)Br)C(Cl)(SSCl)C(=O)OCC(Br)(Br)Br. The molecule has 0 aliphatic rings. The Labute approximate surface area is 188 Å². The van der Waals surface area contributed by atoms with Crippen molar-refractivity contribution in [1.82, 2.24) is 0 Å². The van der Waals surface area contributed by atoms with E-state index in [4.69, 9.17) is 31.8 Å². The molecule has 0 N–H and O–H groups in total. The van der Waals surface area contributed by atoms with E-state index in [0.29, 0.717) is 20.8 Å². The van der Waals surface area contributed by atoms with Crippen molar-refractivity contribution in [2.75, 3.05) is 13.2 Å². The number of rotatable bonds is 6. The molecule has 14 heteroatoms. The lowest BCUT2D eigenvalue weighted by Crippen LogP contribution is -2.42. The van der Waals surface area contributed by atoms with Crippen LogP contribution in [0.3, 0.4) is 0 Å². The van der Waals surface area contributed by atoms with Gasteiger partial charge in [-0.05, 0) is 21.5 Å². The summed E-state index contributed by atoms with van der Waals surface area (Å²) in [6.07, 6.45) is 0. The minimum Gasteiger partial charge on any atom is -0.460 e. The highest BCUT2D eigenvalue weighted by atomic mass is 80.0. The van der Waals surface area contributed by atoms with Crippen LogP contribution in [0.1, 0.15) is 0 Å². The summed E-state index contributed by atoms with van der Waals surface area (Å²) >= 11 is 24.9. The van der Waals surface area contributed by atoms with Gasteiger partial charge in [-0.15, -0.1) is 0 Å². The van der Waals surface area contributed by atoms with Gasteiger partial charge in [0.15, 0.2) is 4.29 Å². The summed E-state index contributed by atoms with van der Waals surface area (Å²) < 4.78 is 6.11. The summed E-state index contributed by atoms with van der Waals surface area (Å²) in [5.74, 6) is -2.00. The van der Waals surface area contributed by atoms with Crippen LogP contribution in [0.15, 0.2) is 0 Å². The molecule has 0 atom stereocenters. The predicted octanol–water partition coefficient (Wildman–Crippen LogP) is 6.22. The van der Waals surface area contributed by atoms with Crippen LogP contribution in [0.4, 0.5) is 0 Å². The first-order valence-corrected chi connectivity index (χ1v) is 12.6. The molecule has 0 aliphatic heterocycles. The Morgan fingerprint density at radius 3 is 1.48 bits per heavy atom. The number of hydrogen-bond acceptors (Lipinski definition) is 6. The van der Waals surface area contributed by atoms with E-state index in [2.05, 4.69) is 95.6 Å². The van der Waals surface area contributed by atoms with E-state index >= 15 is 0 Å². The molecule has 4 nitrogen and oxygen atoms in total. The third-order valence-corrected chi connectivity index (χ3v) is 5.73. The summed E-state index contributed by atoms with van der Waals surface area (Å²) in [6.45, 7) is -0.277. The molecule has 0 radical (unpaired) electrons. The molecule has 124 valence electrons. The van der Waals surface area contributed by atoms with E-state index < -0.39 is 20.4 Å². The molecule has 0 unspecified atom stereocenters. The molecule has 0 heterocycles. The zero-order valence-electron chi connectivity index (χ0n) is 9.39. The topological polar surface area (TPSA) is 52.6 Å². The highest BCUT2D eigenvalue weighted by Gasteiger charge is 2.50. The van der Waals surface area contributed by atoms with Crippen molar-refractivity contribution in [3.8, 4) is 0 Å². The van der Waals surface area contributed by atoms with Gasteiger partial charge >= 0.3 is 11.9 Å². The second-order valence-electron chi connectivity index (χ2n) is 3.12. The largest absolute Gasteiger partial charge is 0.460 e. The number of ether oxygens (including phenoxy) is 2. The molecule has 0 spiro atoms. The van der Waals surface area contributed by atoms with E-state index in [1.54, 1.807) is 0 Å². The maximum atomic E-state index is 12.0. The van der Waals surface area contributed by atoms with Crippen LogP contribution in [0.25, 0.3) is 0 Å². The van der Waals surface area contributed by atoms with Crippen molar-refractivity contribution >= 4 is 151 Å². The lowest BCUT2D eigenvalue weighted by atomic mass is 10.4. The first-order chi connectivity index (χ1) is 9.32. The summed E-state index contributed by atoms with van der Waals surface area (Å²) in [6, 6.07) is 0. The minimum atomic E-state index is -2.12. The quantitative estimate of drug-likeness (QED) is 0.139. The molecule has 0 saturated heterocycles. The first-order valence-electron chi connectivity index (χ1n) is 4.45. The normalized spacial score (nSPS) is 13.0. The van der Waals surface area contributed by atoms with E-state index in [-0.39, 0.29) is 13.2 Å². The van der Waals surface area contributed by atoms with Gasteiger partial charge in [-0.3, -0.25) is 0 Å². The van der Waals surface area contributed by atoms with Gasteiger partial charge in [-0.1, -0.05) is 107 Å². The number of esters is 2. The molecule has 0 rings (SSSR count). The standard InChI is InChI=1S/C7H4Br6Cl2O4S2/c8-5(9,10)1-18-3(16)7(14,20-21-15)4(17)19-2-6(11,12)13/h1-2H2. The van der Waals surface area contributed by atoms with Crippen LogP contribution in [-0.4, -0.2) is 33.6 Å². The van der Waals surface area contributed by atoms with Gasteiger partial charge in [0.25, 0.3) is 4.21 Å². The van der Waals surface area contributed by atoms with Crippen molar-refractivity contribution in [3.05, 3.63) is 0 Å². The average molecular weight is 767 g/mol. The fourth-order valence-electron chi connectivity index (χ4n) is 0.675. The first kappa shape index (κ1) is 24.1. The zero-order valence-corrected chi connectivity index (χ0v) is 22.0. The Bertz CT molecular complexity index is 358. The van der Waals surface area contributed by atoms with Crippen LogP contribution < -0.4 is 0 Å². The Balaban J connectivity index is 4.88. The second-order valence-corrected chi connectivity index (χ2v) is 21.3. The van der Waals surface area contributed by atoms with Crippen LogP contribution in [0.5, 0.6) is 0 Å². The fraction of sp³-hybridized carbons (Fsp3) is 0.714. The smallest absolute Gasteiger partial charge is 0.350 e. The maximum absolute atomic E-state index is 12.0. The van der Waals surface area contributed by atoms with Crippen LogP contribution in [0.2, 0.25) is 0 Å². The Morgan fingerprint density at radius 1 is 0.905 bits per heavy atom. The lowest BCUT2D eigenvalue weighted by molar-refractivity contribution is -0.155. The number of hydrogen-bond donors (Lipinski definition) is 0. The van der Waals surface area contributed by atoms with E-state index in [9.17, 15) is 9.59 Å². The highest BCUT2D eigenvalue weighted by molar-refractivity contribution is 9.39. The van der Waals surface area contributed by atoms with Gasteiger partial charge in [0.05, 0.1) is 0 Å². The average Bonchev–Trinajstić information content (AvgIpc) is 2.31. The second kappa shape index (κ2) is 10.3.